The van der Waals surface area contributed by atoms with E-state index in [2.05, 4.69) is 29.9 Å². The molecule has 0 fully saturated rings. The number of fused-ring (bicyclic) bond motifs is 1. The molecule has 2 aromatic rings. The van der Waals surface area contributed by atoms with Crippen LogP contribution in [0.15, 0.2) is 47.2 Å². The lowest BCUT2D eigenvalue weighted by molar-refractivity contribution is -0.127. The summed E-state index contributed by atoms with van der Waals surface area (Å²) in [5.41, 5.74) is 11.8. The standard InChI is InChI=1S/C23H28N4O/c1-4-8-27(9-5-2)23(28)19-11-18-7-6-17(12-21(18)26-22(24)13-19)20-10-16(3)14-25-15-20/h6-7,10-12,14-15H,4-5,8-9,13H2,1-3H3,(H2,24,26). The number of pyridine rings is 1. The molecule has 5 heteroatoms. The second-order valence-corrected chi connectivity index (χ2v) is 7.27. The van der Waals surface area contributed by atoms with Gasteiger partial charge in [-0.2, -0.15) is 0 Å². The Hall–Kier alpha value is -2.95. The smallest absolute Gasteiger partial charge is 0.250 e. The minimum Gasteiger partial charge on any atom is -0.387 e. The molecule has 0 saturated heterocycles. The van der Waals surface area contributed by atoms with Crippen LogP contribution >= 0.6 is 0 Å². The van der Waals surface area contributed by atoms with Crippen LogP contribution in [0.4, 0.5) is 5.69 Å². The third kappa shape index (κ3) is 4.47. The molecule has 1 aromatic carbocycles. The normalized spacial score (nSPS) is 13.2. The van der Waals surface area contributed by atoms with E-state index in [0.29, 0.717) is 17.8 Å². The van der Waals surface area contributed by atoms with Crippen LogP contribution in [0.5, 0.6) is 0 Å². The highest BCUT2D eigenvalue weighted by Crippen LogP contribution is 2.32. The molecule has 1 aromatic heterocycles. The molecule has 2 heterocycles. The number of nitrogens with zero attached hydrogens (tertiary/aromatic N) is 3. The number of hydrogen-bond donors (Lipinski definition) is 1. The van der Waals surface area contributed by atoms with Crippen molar-refractivity contribution in [3.8, 4) is 11.1 Å². The highest BCUT2D eigenvalue weighted by atomic mass is 16.2. The number of benzene rings is 1. The molecule has 1 amide bonds. The van der Waals surface area contributed by atoms with E-state index in [1.807, 2.05) is 48.5 Å². The summed E-state index contributed by atoms with van der Waals surface area (Å²) in [4.78, 5) is 23.8. The van der Waals surface area contributed by atoms with Gasteiger partial charge in [-0.3, -0.25) is 9.78 Å². The number of aryl methyl sites for hydroxylation is 1. The van der Waals surface area contributed by atoms with Crippen LogP contribution in [0.3, 0.4) is 0 Å². The highest BCUT2D eigenvalue weighted by Gasteiger charge is 2.21. The minimum absolute atomic E-state index is 0.0571. The quantitative estimate of drug-likeness (QED) is 0.808. The maximum Gasteiger partial charge on any atom is 0.250 e. The van der Waals surface area contributed by atoms with E-state index >= 15 is 0 Å². The summed E-state index contributed by atoms with van der Waals surface area (Å²) in [7, 11) is 0. The van der Waals surface area contributed by atoms with E-state index in [0.717, 1.165) is 53.9 Å². The molecular formula is C23H28N4O. The number of carbonyl (C=O) groups excluding carboxylic acids is 1. The third-order valence-electron chi connectivity index (χ3n) is 4.75. The fourth-order valence-corrected chi connectivity index (χ4v) is 3.48. The van der Waals surface area contributed by atoms with Crippen molar-refractivity contribution in [1.29, 1.82) is 0 Å². The number of amides is 1. The van der Waals surface area contributed by atoms with Gasteiger partial charge in [0.2, 0.25) is 5.91 Å². The van der Waals surface area contributed by atoms with Crippen molar-refractivity contribution in [2.24, 2.45) is 10.7 Å². The lowest BCUT2D eigenvalue weighted by Crippen LogP contribution is -2.34. The number of aliphatic imine (C=N–C) groups is 1. The Bertz CT molecular complexity index is 924. The number of aromatic nitrogens is 1. The van der Waals surface area contributed by atoms with E-state index in [9.17, 15) is 4.79 Å². The fourth-order valence-electron chi connectivity index (χ4n) is 3.48. The fraction of sp³-hybridized carbons (Fsp3) is 0.348. The van der Waals surface area contributed by atoms with Crippen LogP contribution in [-0.4, -0.2) is 34.7 Å². The molecule has 3 rings (SSSR count). The second kappa shape index (κ2) is 8.83. The van der Waals surface area contributed by atoms with Crippen molar-refractivity contribution in [2.75, 3.05) is 13.1 Å². The van der Waals surface area contributed by atoms with Crippen molar-refractivity contribution < 1.29 is 4.79 Å². The SMILES string of the molecule is CCCN(CCC)C(=O)C1=Cc2ccc(-c3cncc(C)c3)cc2N=C(N)C1. The molecule has 0 atom stereocenters. The Morgan fingerprint density at radius 1 is 1.11 bits per heavy atom. The van der Waals surface area contributed by atoms with Crippen LogP contribution in [0.1, 0.15) is 44.2 Å². The molecule has 0 unspecified atom stereocenters. The first kappa shape index (κ1) is 19.8. The minimum atomic E-state index is 0.0571. The van der Waals surface area contributed by atoms with E-state index in [1.54, 1.807) is 0 Å². The predicted octanol–water partition coefficient (Wildman–Crippen LogP) is 4.48. The van der Waals surface area contributed by atoms with E-state index in [-0.39, 0.29) is 5.91 Å². The van der Waals surface area contributed by atoms with Gasteiger partial charge in [0.1, 0.15) is 5.84 Å². The molecule has 0 radical (unpaired) electrons. The van der Waals surface area contributed by atoms with Crippen molar-refractivity contribution in [3.63, 3.8) is 0 Å². The number of hydrogen-bond acceptors (Lipinski definition) is 4. The van der Waals surface area contributed by atoms with Gasteiger partial charge in [0.25, 0.3) is 0 Å². The Kier molecular flexibility index (Phi) is 6.24. The average molecular weight is 377 g/mol. The van der Waals surface area contributed by atoms with Gasteiger partial charge in [0, 0.05) is 48.6 Å². The van der Waals surface area contributed by atoms with Gasteiger partial charge < -0.3 is 10.6 Å². The van der Waals surface area contributed by atoms with E-state index in [1.165, 1.54) is 0 Å². The van der Waals surface area contributed by atoms with Crippen LogP contribution in [0, 0.1) is 6.92 Å². The summed E-state index contributed by atoms with van der Waals surface area (Å²) in [6, 6.07) is 8.15. The molecule has 1 aliphatic rings. The van der Waals surface area contributed by atoms with Crippen LogP contribution in [0.25, 0.3) is 17.2 Å². The van der Waals surface area contributed by atoms with Crippen molar-refractivity contribution in [1.82, 2.24) is 9.88 Å². The molecule has 0 aliphatic carbocycles. The number of nitrogens with two attached hydrogens (primary N) is 1. The first-order valence-corrected chi connectivity index (χ1v) is 9.90. The molecule has 1 aliphatic heterocycles. The molecule has 28 heavy (non-hydrogen) atoms. The Labute approximate surface area is 167 Å². The van der Waals surface area contributed by atoms with Gasteiger partial charge in [0.15, 0.2) is 0 Å². The van der Waals surface area contributed by atoms with Gasteiger partial charge in [-0.1, -0.05) is 26.0 Å². The summed E-state index contributed by atoms with van der Waals surface area (Å²) in [5.74, 6) is 0.521. The Morgan fingerprint density at radius 2 is 1.86 bits per heavy atom. The first-order chi connectivity index (χ1) is 13.5. The second-order valence-electron chi connectivity index (χ2n) is 7.27. The highest BCUT2D eigenvalue weighted by molar-refractivity contribution is 6.05. The largest absolute Gasteiger partial charge is 0.387 e. The average Bonchev–Trinajstić information content (AvgIpc) is 2.84. The van der Waals surface area contributed by atoms with Crippen LogP contribution in [0.2, 0.25) is 0 Å². The summed E-state index contributed by atoms with van der Waals surface area (Å²) in [5, 5.41) is 0. The molecule has 146 valence electrons. The topological polar surface area (TPSA) is 71.6 Å². The third-order valence-corrected chi connectivity index (χ3v) is 4.75. The molecular weight excluding hydrogens is 348 g/mol. The lowest BCUT2D eigenvalue weighted by atomic mass is 10.0. The van der Waals surface area contributed by atoms with Crippen molar-refractivity contribution in [2.45, 2.75) is 40.0 Å². The summed E-state index contributed by atoms with van der Waals surface area (Å²) >= 11 is 0. The molecule has 2 N–H and O–H groups in total. The van der Waals surface area contributed by atoms with Gasteiger partial charge in [-0.25, -0.2) is 4.99 Å². The number of amidine groups is 1. The van der Waals surface area contributed by atoms with E-state index in [4.69, 9.17) is 5.73 Å². The Morgan fingerprint density at radius 3 is 2.54 bits per heavy atom. The first-order valence-electron chi connectivity index (χ1n) is 9.90. The molecule has 0 saturated carbocycles. The van der Waals surface area contributed by atoms with Crippen LogP contribution in [-0.2, 0) is 4.79 Å². The molecule has 5 nitrogen and oxygen atoms in total. The summed E-state index contributed by atoms with van der Waals surface area (Å²) < 4.78 is 0. The van der Waals surface area contributed by atoms with E-state index < -0.39 is 0 Å². The monoisotopic (exact) mass is 376 g/mol. The Balaban J connectivity index is 1.97. The van der Waals surface area contributed by atoms with Crippen LogP contribution < -0.4 is 5.73 Å². The maximum atomic E-state index is 13.1. The van der Waals surface area contributed by atoms with Gasteiger partial charge in [-0.15, -0.1) is 0 Å². The summed E-state index contributed by atoms with van der Waals surface area (Å²) in [6.45, 7) is 7.71. The zero-order chi connectivity index (χ0) is 20.1. The zero-order valence-corrected chi connectivity index (χ0v) is 16.9. The summed E-state index contributed by atoms with van der Waals surface area (Å²) in [6.07, 6.45) is 7.87. The van der Waals surface area contributed by atoms with Gasteiger partial charge >= 0.3 is 0 Å². The molecule has 0 bridgehead atoms. The van der Waals surface area contributed by atoms with Gasteiger partial charge in [-0.05, 0) is 49.1 Å². The maximum absolute atomic E-state index is 13.1. The number of carbonyl (C=O) groups is 1. The number of rotatable bonds is 6. The molecule has 0 spiro atoms. The predicted molar refractivity (Wildman–Crippen MR) is 115 cm³/mol. The van der Waals surface area contributed by atoms with Crippen molar-refractivity contribution in [3.05, 3.63) is 53.4 Å². The van der Waals surface area contributed by atoms with Crippen molar-refractivity contribution >= 4 is 23.5 Å². The zero-order valence-electron chi connectivity index (χ0n) is 16.9. The lowest BCUT2D eigenvalue weighted by Gasteiger charge is -2.22. The van der Waals surface area contributed by atoms with Gasteiger partial charge in [0.05, 0.1) is 5.69 Å².